The summed E-state index contributed by atoms with van der Waals surface area (Å²) in [4.78, 5) is 8.70. The molecule has 108 valence electrons. The molecule has 2 heterocycles. The maximum Gasteiger partial charge on any atom is 0.180 e. The lowest BCUT2D eigenvalue weighted by molar-refractivity contribution is 0.629. The minimum atomic E-state index is -0.483. The van der Waals surface area contributed by atoms with Gasteiger partial charge in [-0.15, -0.1) is 0 Å². The van der Waals surface area contributed by atoms with Gasteiger partial charge in [0.1, 0.15) is 11.6 Å². The van der Waals surface area contributed by atoms with Crippen molar-refractivity contribution in [1.29, 1.82) is 0 Å². The van der Waals surface area contributed by atoms with Crippen molar-refractivity contribution in [2.75, 3.05) is 17.2 Å². The van der Waals surface area contributed by atoms with Crippen LogP contribution in [0.15, 0.2) is 36.8 Å². The van der Waals surface area contributed by atoms with Gasteiger partial charge in [0.25, 0.3) is 0 Å². The second-order valence-corrected chi connectivity index (χ2v) is 4.82. The van der Waals surface area contributed by atoms with Crippen LogP contribution < -0.4 is 10.6 Å². The van der Waals surface area contributed by atoms with Crippen LogP contribution in [0.25, 0.3) is 5.65 Å². The molecule has 2 aromatic heterocycles. The third kappa shape index (κ3) is 2.75. The van der Waals surface area contributed by atoms with Gasteiger partial charge in [-0.05, 0) is 25.1 Å². The molecule has 0 aliphatic rings. The molecule has 0 saturated heterocycles. The minimum absolute atomic E-state index is 0.0841. The van der Waals surface area contributed by atoms with Crippen LogP contribution >= 0.6 is 11.6 Å². The number of benzene rings is 1. The second kappa shape index (κ2) is 5.57. The molecular weight excluding hydrogens is 293 g/mol. The molecule has 7 heteroatoms. The lowest BCUT2D eigenvalue weighted by atomic mass is 10.3. The van der Waals surface area contributed by atoms with E-state index in [1.807, 2.05) is 23.7 Å². The number of anilines is 3. The summed E-state index contributed by atoms with van der Waals surface area (Å²) in [6, 6.07) is 4.51. The van der Waals surface area contributed by atoms with Crippen molar-refractivity contribution in [1.82, 2.24) is 14.4 Å². The predicted molar refractivity (Wildman–Crippen MR) is 81.8 cm³/mol. The maximum atomic E-state index is 13.5. The van der Waals surface area contributed by atoms with E-state index in [4.69, 9.17) is 11.6 Å². The standard InChI is InChI=1S/C14H13ClFN5/c1-2-17-12-8-21-6-5-18-14(21)13(20-12)19-9-3-4-10(15)11(16)7-9/h3-8,17H,2H2,1H3,(H,19,20). The van der Waals surface area contributed by atoms with Crippen molar-refractivity contribution in [2.24, 2.45) is 0 Å². The molecule has 2 N–H and O–H groups in total. The third-order valence-electron chi connectivity index (χ3n) is 2.91. The van der Waals surface area contributed by atoms with Gasteiger partial charge < -0.3 is 15.0 Å². The van der Waals surface area contributed by atoms with Gasteiger partial charge in [0.2, 0.25) is 0 Å². The SMILES string of the molecule is CCNc1cn2ccnc2c(Nc2ccc(Cl)c(F)c2)n1. The van der Waals surface area contributed by atoms with Crippen LogP contribution in [0.1, 0.15) is 6.92 Å². The van der Waals surface area contributed by atoms with Crippen LogP contribution in [0, 0.1) is 5.82 Å². The van der Waals surface area contributed by atoms with Crippen LogP contribution in [0.3, 0.4) is 0 Å². The largest absolute Gasteiger partial charge is 0.369 e. The molecule has 0 fully saturated rings. The number of hydrogen-bond donors (Lipinski definition) is 2. The zero-order chi connectivity index (χ0) is 14.8. The van der Waals surface area contributed by atoms with Crippen molar-refractivity contribution in [3.8, 4) is 0 Å². The van der Waals surface area contributed by atoms with E-state index in [0.29, 0.717) is 23.0 Å². The molecule has 0 atom stereocenters. The maximum absolute atomic E-state index is 13.5. The highest BCUT2D eigenvalue weighted by Gasteiger charge is 2.09. The molecule has 0 amide bonds. The third-order valence-corrected chi connectivity index (χ3v) is 3.22. The molecule has 0 unspecified atom stereocenters. The summed E-state index contributed by atoms with van der Waals surface area (Å²) in [5.41, 5.74) is 1.22. The Morgan fingerprint density at radius 1 is 1.38 bits per heavy atom. The summed E-state index contributed by atoms with van der Waals surface area (Å²) < 4.78 is 15.4. The van der Waals surface area contributed by atoms with E-state index in [0.717, 1.165) is 6.54 Å². The fraction of sp³-hybridized carbons (Fsp3) is 0.143. The molecule has 21 heavy (non-hydrogen) atoms. The van der Waals surface area contributed by atoms with Gasteiger partial charge in [0.05, 0.1) is 11.2 Å². The number of aromatic nitrogens is 3. The predicted octanol–water partition coefficient (Wildman–Crippen LogP) is 3.70. The summed E-state index contributed by atoms with van der Waals surface area (Å²) in [7, 11) is 0. The molecule has 0 aliphatic carbocycles. The molecular formula is C14H13ClFN5. The number of imidazole rings is 1. The van der Waals surface area contributed by atoms with E-state index in [2.05, 4.69) is 20.6 Å². The molecule has 0 radical (unpaired) electrons. The summed E-state index contributed by atoms with van der Waals surface area (Å²) in [5.74, 6) is 0.768. The van der Waals surface area contributed by atoms with Crippen LogP contribution in [-0.2, 0) is 0 Å². The first-order valence-electron chi connectivity index (χ1n) is 6.47. The first-order valence-corrected chi connectivity index (χ1v) is 6.85. The average molecular weight is 306 g/mol. The topological polar surface area (TPSA) is 54.2 Å². The van der Waals surface area contributed by atoms with Crippen LogP contribution in [0.4, 0.5) is 21.7 Å². The van der Waals surface area contributed by atoms with E-state index < -0.39 is 5.82 Å². The molecule has 0 bridgehead atoms. The monoisotopic (exact) mass is 305 g/mol. The minimum Gasteiger partial charge on any atom is -0.369 e. The van der Waals surface area contributed by atoms with E-state index >= 15 is 0 Å². The van der Waals surface area contributed by atoms with Crippen molar-refractivity contribution < 1.29 is 4.39 Å². The number of halogens is 2. The van der Waals surface area contributed by atoms with E-state index in [-0.39, 0.29) is 5.02 Å². The van der Waals surface area contributed by atoms with Gasteiger partial charge in [-0.2, -0.15) is 0 Å². The number of rotatable bonds is 4. The highest BCUT2D eigenvalue weighted by molar-refractivity contribution is 6.30. The Hall–Kier alpha value is -2.34. The van der Waals surface area contributed by atoms with E-state index in [1.54, 1.807) is 12.3 Å². The van der Waals surface area contributed by atoms with Gasteiger partial charge in [-0.1, -0.05) is 11.6 Å². The summed E-state index contributed by atoms with van der Waals surface area (Å²) in [5, 5.41) is 6.29. The number of nitrogens with zero attached hydrogens (tertiary/aromatic N) is 3. The van der Waals surface area contributed by atoms with Gasteiger partial charge in [0.15, 0.2) is 11.5 Å². The van der Waals surface area contributed by atoms with Crippen molar-refractivity contribution in [3.63, 3.8) is 0 Å². The zero-order valence-electron chi connectivity index (χ0n) is 11.3. The lowest BCUT2D eigenvalue weighted by Gasteiger charge is -2.10. The number of nitrogens with one attached hydrogen (secondary N) is 2. The molecule has 3 rings (SSSR count). The van der Waals surface area contributed by atoms with Crippen LogP contribution in [-0.4, -0.2) is 20.9 Å². The number of hydrogen-bond acceptors (Lipinski definition) is 4. The van der Waals surface area contributed by atoms with Crippen LogP contribution in [0.5, 0.6) is 0 Å². The normalized spacial score (nSPS) is 10.8. The first-order chi connectivity index (χ1) is 10.2. The van der Waals surface area contributed by atoms with Crippen LogP contribution in [0.2, 0.25) is 5.02 Å². The van der Waals surface area contributed by atoms with Gasteiger partial charge in [0, 0.05) is 24.6 Å². The number of fused-ring (bicyclic) bond motifs is 1. The van der Waals surface area contributed by atoms with Crippen molar-refractivity contribution in [3.05, 3.63) is 47.6 Å². The Labute approximate surface area is 125 Å². The highest BCUT2D eigenvalue weighted by atomic mass is 35.5. The molecule has 0 saturated carbocycles. The highest BCUT2D eigenvalue weighted by Crippen LogP contribution is 2.24. The fourth-order valence-electron chi connectivity index (χ4n) is 1.99. The Kier molecular flexibility index (Phi) is 3.62. The first kappa shape index (κ1) is 13.6. The Morgan fingerprint density at radius 3 is 3.00 bits per heavy atom. The molecule has 3 aromatic rings. The Balaban J connectivity index is 2.01. The second-order valence-electron chi connectivity index (χ2n) is 4.42. The van der Waals surface area contributed by atoms with Gasteiger partial charge in [-0.3, -0.25) is 0 Å². The smallest absolute Gasteiger partial charge is 0.180 e. The molecule has 0 aliphatic heterocycles. The van der Waals surface area contributed by atoms with E-state index in [9.17, 15) is 4.39 Å². The fourth-order valence-corrected chi connectivity index (χ4v) is 2.11. The lowest BCUT2D eigenvalue weighted by Crippen LogP contribution is -2.05. The summed E-state index contributed by atoms with van der Waals surface area (Å²) in [6.07, 6.45) is 5.35. The van der Waals surface area contributed by atoms with Crippen molar-refractivity contribution >= 4 is 34.6 Å². The van der Waals surface area contributed by atoms with Gasteiger partial charge >= 0.3 is 0 Å². The van der Waals surface area contributed by atoms with Crippen molar-refractivity contribution in [2.45, 2.75) is 6.92 Å². The average Bonchev–Trinajstić information content (AvgIpc) is 2.92. The molecule has 1 aromatic carbocycles. The Morgan fingerprint density at radius 2 is 2.24 bits per heavy atom. The quantitative estimate of drug-likeness (QED) is 0.772. The van der Waals surface area contributed by atoms with Gasteiger partial charge in [-0.25, -0.2) is 14.4 Å². The van der Waals surface area contributed by atoms with E-state index in [1.165, 1.54) is 12.1 Å². The molecule has 5 nitrogen and oxygen atoms in total. The summed E-state index contributed by atoms with van der Waals surface area (Å²) >= 11 is 5.68. The Bertz CT molecular complexity index is 786. The summed E-state index contributed by atoms with van der Waals surface area (Å²) in [6.45, 7) is 2.74. The molecule has 0 spiro atoms. The zero-order valence-corrected chi connectivity index (χ0v) is 12.0.